The molecule has 1 heterocycles. The summed E-state index contributed by atoms with van der Waals surface area (Å²) in [6.45, 7) is 1.44. The van der Waals surface area contributed by atoms with Crippen molar-refractivity contribution >= 4 is 11.9 Å². The topological polar surface area (TPSA) is 61.8 Å². The van der Waals surface area contributed by atoms with E-state index >= 15 is 0 Å². The molecule has 0 amide bonds. The van der Waals surface area contributed by atoms with Gasteiger partial charge in [0.2, 0.25) is 0 Å². The molecular formula is C19H17FO5. The van der Waals surface area contributed by atoms with Crippen molar-refractivity contribution in [1.82, 2.24) is 0 Å². The predicted molar refractivity (Wildman–Crippen MR) is 87.3 cm³/mol. The molecule has 1 aliphatic heterocycles. The molecule has 1 atom stereocenters. The van der Waals surface area contributed by atoms with Gasteiger partial charge in [-0.15, -0.1) is 0 Å². The van der Waals surface area contributed by atoms with Crippen molar-refractivity contribution in [3.63, 3.8) is 0 Å². The third-order valence-corrected chi connectivity index (χ3v) is 4.10. The maximum Gasteiger partial charge on any atom is 0.346 e. The second kappa shape index (κ2) is 7.44. The van der Waals surface area contributed by atoms with Gasteiger partial charge in [-0.25, -0.2) is 14.0 Å². The fraction of sp³-hybridized carbons (Fsp3) is 0.263. The number of methoxy groups -OCH3 is 1. The van der Waals surface area contributed by atoms with Crippen molar-refractivity contribution in [1.29, 1.82) is 0 Å². The van der Waals surface area contributed by atoms with Crippen molar-refractivity contribution in [2.24, 2.45) is 0 Å². The standard InChI is InChI=1S/C19H17FO5/c1-23-18(21)13-4-7-16(17(20)10-13)19(22)25-15-5-2-12(3-6-15)14-8-9-24-11-14/h2-7,10,14H,8-9,11H2,1H3. The number of benzene rings is 2. The summed E-state index contributed by atoms with van der Waals surface area (Å²) in [5.74, 6) is -1.67. The van der Waals surface area contributed by atoms with Crippen LogP contribution in [0.1, 0.15) is 38.6 Å². The van der Waals surface area contributed by atoms with E-state index in [1.807, 2.05) is 12.1 Å². The summed E-state index contributed by atoms with van der Waals surface area (Å²) in [6, 6.07) is 10.6. The van der Waals surface area contributed by atoms with E-state index in [2.05, 4.69) is 4.74 Å². The molecular weight excluding hydrogens is 327 g/mol. The van der Waals surface area contributed by atoms with E-state index < -0.39 is 17.8 Å². The zero-order chi connectivity index (χ0) is 17.8. The molecule has 2 aromatic rings. The molecule has 0 radical (unpaired) electrons. The third kappa shape index (κ3) is 3.85. The van der Waals surface area contributed by atoms with Crippen LogP contribution in [0.5, 0.6) is 5.75 Å². The fourth-order valence-electron chi connectivity index (χ4n) is 2.69. The van der Waals surface area contributed by atoms with Gasteiger partial charge in [-0.05, 0) is 42.3 Å². The van der Waals surface area contributed by atoms with Crippen LogP contribution in [-0.2, 0) is 9.47 Å². The zero-order valence-corrected chi connectivity index (χ0v) is 13.7. The first-order valence-electron chi connectivity index (χ1n) is 7.86. The number of hydrogen-bond acceptors (Lipinski definition) is 5. The van der Waals surface area contributed by atoms with Crippen LogP contribution >= 0.6 is 0 Å². The number of hydrogen-bond donors (Lipinski definition) is 0. The lowest BCUT2D eigenvalue weighted by Crippen LogP contribution is -2.12. The van der Waals surface area contributed by atoms with E-state index in [1.54, 1.807) is 12.1 Å². The molecule has 0 aliphatic carbocycles. The van der Waals surface area contributed by atoms with Gasteiger partial charge in [0.25, 0.3) is 0 Å². The minimum absolute atomic E-state index is 0.0275. The van der Waals surface area contributed by atoms with Gasteiger partial charge in [-0.1, -0.05) is 12.1 Å². The molecule has 3 rings (SSSR count). The maximum atomic E-state index is 14.0. The highest BCUT2D eigenvalue weighted by atomic mass is 19.1. The van der Waals surface area contributed by atoms with Gasteiger partial charge in [0.05, 0.1) is 24.8 Å². The molecule has 2 aromatic carbocycles. The highest BCUT2D eigenvalue weighted by Crippen LogP contribution is 2.27. The number of carbonyl (C=O) groups is 2. The summed E-state index contributed by atoms with van der Waals surface area (Å²) in [7, 11) is 1.20. The average molecular weight is 344 g/mol. The van der Waals surface area contributed by atoms with Gasteiger partial charge >= 0.3 is 11.9 Å². The summed E-state index contributed by atoms with van der Waals surface area (Å²) in [6.07, 6.45) is 0.969. The van der Waals surface area contributed by atoms with Crippen molar-refractivity contribution in [3.8, 4) is 5.75 Å². The third-order valence-electron chi connectivity index (χ3n) is 4.10. The van der Waals surface area contributed by atoms with Gasteiger partial charge in [-0.3, -0.25) is 0 Å². The van der Waals surface area contributed by atoms with Gasteiger partial charge < -0.3 is 14.2 Å². The quantitative estimate of drug-likeness (QED) is 0.629. The summed E-state index contributed by atoms with van der Waals surface area (Å²) in [5, 5.41) is 0. The van der Waals surface area contributed by atoms with Gasteiger partial charge in [0, 0.05) is 12.5 Å². The van der Waals surface area contributed by atoms with Crippen molar-refractivity contribution in [3.05, 3.63) is 65.0 Å². The Hall–Kier alpha value is -2.73. The van der Waals surface area contributed by atoms with Crippen LogP contribution in [0.2, 0.25) is 0 Å². The number of esters is 2. The Kier molecular flexibility index (Phi) is 5.09. The number of rotatable bonds is 4. The largest absolute Gasteiger partial charge is 0.465 e. The maximum absolute atomic E-state index is 14.0. The summed E-state index contributed by atoms with van der Waals surface area (Å²) >= 11 is 0. The van der Waals surface area contributed by atoms with E-state index in [4.69, 9.17) is 9.47 Å². The smallest absolute Gasteiger partial charge is 0.346 e. The molecule has 0 N–H and O–H groups in total. The second-order valence-corrected chi connectivity index (χ2v) is 5.71. The van der Waals surface area contributed by atoms with E-state index in [1.165, 1.54) is 19.2 Å². The predicted octanol–water partition coefficient (Wildman–Crippen LogP) is 3.34. The Labute approximate surface area is 144 Å². The average Bonchev–Trinajstić information content (AvgIpc) is 3.16. The van der Waals surface area contributed by atoms with Gasteiger partial charge in [-0.2, -0.15) is 0 Å². The molecule has 1 saturated heterocycles. The molecule has 0 spiro atoms. The Morgan fingerprint density at radius 1 is 1.12 bits per heavy atom. The fourth-order valence-corrected chi connectivity index (χ4v) is 2.69. The Balaban J connectivity index is 1.70. The van der Waals surface area contributed by atoms with E-state index in [0.717, 1.165) is 24.7 Å². The van der Waals surface area contributed by atoms with E-state index in [9.17, 15) is 14.0 Å². The van der Waals surface area contributed by atoms with Gasteiger partial charge in [0.1, 0.15) is 11.6 Å². The summed E-state index contributed by atoms with van der Waals surface area (Å²) in [4.78, 5) is 23.5. The number of ether oxygens (including phenoxy) is 3. The molecule has 5 nitrogen and oxygen atoms in total. The van der Waals surface area contributed by atoms with E-state index in [0.29, 0.717) is 18.3 Å². The minimum Gasteiger partial charge on any atom is -0.465 e. The van der Waals surface area contributed by atoms with Crippen LogP contribution < -0.4 is 4.74 Å². The van der Waals surface area contributed by atoms with Crippen molar-refractivity contribution < 1.29 is 28.2 Å². The van der Waals surface area contributed by atoms with Crippen molar-refractivity contribution in [2.45, 2.75) is 12.3 Å². The van der Waals surface area contributed by atoms with E-state index in [-0.39, 0.29) is 11.1 Å². The first-order valence-corrected chi connectivity index (χ1v) is 7.86. The van der Waals surface area contributed by atoms with Crippen LogP contribution in [0.4, 0.5) is 4.39 Å². The lowest BCUT2D eigenvalue weighted by molar-refractivity contribution is 0.0598. The molecule has 1 aliphatic rings. The molecule has 6 heteroatoms. The van der Waals surface area contributed by atoms with Crippen LogP contribution in [0.15, 0.2) is 42.5 Å². The Morgan fingerprint density at radius 2 is 1.88 bits per heavy atom. The first-order chi connectivity index (χ1) is 12.1. The lowest BCUT2D eigenvalue weighted by atomic mass is 9.99. The second-order valence-electron chi connectivity index (χ2n) is 5.71. The molecule has 1 fully saturated rings. The lowest BCUT2D eigenvalue weighted by Gasteiger charge is -2.10. The summed E-state index contributed by atoms with van der Waals surface area (Å²) in [5.41, 5.74) is 0.895. The summed E-state index contributed by atoms with van der Waals surface area (Å²) < 4.78 is 29.1. The molecule has 0 saturated carbocycles. The zero-order valence-electron chi connectivity index (χ0n) is 13.7. The molecule has 25 heavy (non-hydrogen) atoms. The minimum atomic E-state index is -0.840. The Morgan fingerprint density at radius 3 is 2.48 bits per heavy atom. The Bertz CT molecular complexity index is 779. The normalized spacial score (nSPS) is 16.5. The first kappa shape index (κ1) is 17.1. The molecule has 0 aromatic heterocycles. The monoisotopic (exact) mass is 344 g/mol. The van der Waals surface area contributed by atoms with Crippen LogP contribution in [0, 0.1) is 5.82 Å². The van der Waals surface area contributed by atoms with Crippen LogP contribution in [0.3, 0.4) is 0 Å². The van der Waals surface area contributed by atoms with Crippen molar-refractivity contribution in [2.75, 3.05) is 20.3 Å². The highest BCUT2D eigenvalue weighted by molar-refractivity contribution is 5.94. The molecule has 0 bridgehead atoms. The van der Waals surface area contributed by atoms with Gasteiger partial charge in [0.15, 0.2) is 0 Å². The number of carbonyl (C=O) groups excluding carboxylic acids is 2. The van der Waals surface area contributed by atoms with Crippen LogP contribution in [-0.4, -0.2) is 32.3 Å². The number of halogens is 1. The SMILES string of the molecule is COC(=O)c1ccc(C(=O)Oc2ccc(C3CCOC3)cc2)c(F)c1. The molecule has 1 unspecified atom stereocenters. The molecule has 130 valence electrons. The van der Waals surface area contributed by atoms with Crippen LogP contribution in [0.25, 0.3) is 0 Å². The highest BCUT2D eigenvalue weighted by Gasteiger charge is 2.19.